The number of benzene rings is 1. The number of nitrogens with zero attached hydrogens (tertiary/aromatic N) is 1. The maximum absolute atomic E-state index is 11.9. The molecule has 0 spiro atoms. The molecule has 0 fully saturated rings. The summed E-state index contributed by atoms with van der Waals surface area (Å²) in [5, 5.41) is 12.4. The Hall–Kier alpha value is -1.97. The first-order valence-electron chi connectivity index (χ1n) is 7.59. The predicted octanol–water partition coefficient (Wildman–Crippen LogP) is 3.36. The number of rotatable bonds is 7. The number of nitrogens with one attached hydrogen (secondary N) is 1. The lowest BCUT2D eigenvalue weighted by molar-refractivity contribution is -0.155. The van der Waals surface area contributed by atoms with Crippen molar-refractivity contribution in [2.45, 2.75) is 39.3 Å². The van der Waals surface area contributed by atoms with Gasteiger partial charge in [-0.2, -0.15) is 5.26 Å². The van der Waals surface area contributed by atoms with Gasteiger partial charge in [0.05, 0.1) is 11.1 Å². The van der Waals surface area contributed by atoms with Gasteiger partial charge in [0.25, 0.3) is 5.91 Å². The van der Waals surface area contributed by atoms with Crippen LogP contribution in [0.5, 0.6) is 5.75 Å². The van der Waals surface area contributed by atoms with Crippen molar-refractivity contribution in [1.29, 1.82) is 5.26 Å². The molecule has 0 radical (unpaired) electrons. The number of hydrogen-bond donors (Lipinski definition) is 1. The van der Waals surface area contributed by atoms with E-state index in [0.717, 1.165) is 0 Å². The fourth-order valence-electron chi connectivity index (χ4n) is 1.69. The van der Waals surface area contributed by atoms with E-state index in [9.17, 15) is 9.59 Å². The Kier molecular flexibility index (Phi) is 7.53. The van der Waals surface area contributed by atoms with E-state index in [1.54, 1.807) is 26.8 Å². The number of halogens is 2. The van der Waals surface area contributed by atoms with Gasteiger partial charge in [-0.25, -0.2) is 4.79 Å². The average Bonchev–Trinajstić information content (AvgIpc) is 2.54. The van der Waals surface area contributed by atoms with Crippen LogP contribution in [-0.2, 0) is 14.3 Å². The molecule has 1 N–H and O–H groups in total. The minimum absolute atomic E-state index is 0.105. The molecule has 1 aromatic carbocycles. The van der Waals surface area contributed by atoms with Crippen LogP contribution in [0.1, 0.15) is 27.7 Å². The summed E-state index contributed by atoms with van der Waals surface area (Å²) in [5.41, 5.74) is -1.04. The molecule has 0 saturated heterocycles. The second-order valence-corrected chi connectivity index (χ2v) is 6.80. The Balaban J connectivity index is 2.56. The summed E-state index contributed by atoms with van der Waals surface area (Å²) < 4.78 is 10.3. The molecular formula is C17H20Cl2N2O4. The number of esters is 1. The normalized spacial score (nSPS) is 14.2. The van der Waals surface area contributed by atoms with Crippen LogP contribution in [0.25, 0.3) is 0 Å². The van der Waals surface area contributed by atoms with Crippen LogP contribution in [0.15, 0.2) is 18.2 Å². The van der Waals surface area contributed by atoms with Crippen LogP contribution >= 0.6 is 23.2 Å². The van der Waals surface area contributed by atoms with Gasteiger partial charge in [-0.1, -0.05) is 37.0 Å². The molecule has 8 heteroatoms. The standard InChI is InChI=1S/C17H20Cl2N2O4/c1-10(2)17(4,9-20)21-15(22)8-24-16(23)11(3)25-14-6-5-12(18)7-13(14)19/h5-7,10-11H,8H2,1-4H3,(H,21,22)/t11-,17-/m1/s1. The van der Waals surface area contributed by atoms with Crippen molar-refractivity contribution in [3.8, 4) is 11.8 Å². The van der Waals surface area contributed by atoms with Crippen LogP contribution in [0, 0.1) is 17.2 Å². The van der Waals surface area contributed by atoms with E-state index in [0.29, 0.717) is 5.02 Å². The first-order chi connectivity index (χ1) is 11.6. The van der Waals surface area contributed by atoms with E-state index in [-0.39, 0.29) is 16.7 Å². The van der Waals surface area contributed by atoms with Gasteiger partial charge in [0, 0.05) is 5.02 Å². The van der Waals surface area contributed by atoms with Gasteiger partial charge in [-0.05, 0) is 38.0 Å². The fraction of sp³-hybridized carbons (Fsp3) is 0.471. The zero-order valence-corrected chi connectivity index (χ0v) is 15.9. The summed E-state index contributed by atoms with van der Waals surface area (Å²) in [4.78, 5) is 23.8. The van der Waals surface area contributed by atoms with Gasteiger partial charge in [0.15, 0.2) is 12.7 Å². The summed E-state index contributed by atoms with van der Waals surface area (Å²) in [6.45, 7) is 6.18. The van der Waals surface area contributed by atoms with Crippen molar-refractivity contribution in [3.05, 3.63) is 28.2 Å². The molecule has 1 aromatic rings. The highest BCUT2D eigenvalue weighted by molar-refractivity contribution is 6.35. The Morgan fingerprint density at radius 2 is 1.96 bits per heavy atom. The summed E-state index contributed by atoms with van der Waals surface area (Å²) in [5.74, 6) is -1.13. The number of carbonyl (C=O) groups is 2. The lowest BCUT2D eigenvalue weighted by atomic mass is 9.90. The molecule has 0 aliphatic heterocycles. The van der Waals surface area contributed by atoms with Crippen LogP contribution in [0.4, 0.5) is 0 Å². The maximum Gasteiger partial charge on any atom is 0.347 e. The first kappa shape index (κ1) is 21.1. The third kappa shape index (κ3) is 6.11. The highest BCUT2D eigenvalue weighted by Crippen LogP contribution is 2.28. The first-order valence-corrected chi connectivity index (χ1v) is 8.35. The highest BCUT2D eigenvalue weighted by atomic mass is 35.5. The molecule has 2 atom stereocenters. The molecule has 0 aliphatic rings. The molecule has 1 rings (SSSR count). The van der Waals surface area contributed by atoms with Crippen LogP contribution in [0.2, 0.25) is 10.0 Å². The van der Waals surface area contributed by atoms with Crippen LogP contribution in [-0.4, -0.2) is 30.1 Å². The number of amides is 1. The second-order valence-electron chi connectivity index (χ2n) is 5.96. The van der Waals surface area contributed by atoms with E-state index in [2.05, 4.69) is 5.32 Å². The molecular weight excluding hydrogens is 367 g/mol. The predicted molar refractivity (Wildman–Crippen MR) is 94.5 cm³/mol. The lowest BCUT2D eigenvalue weighted by Gasteiger charge is -2.27. The molecule has 0 bridgehead atoms. The third-order valence-electron chi connectivity index (χ3n) is 3.66. The van der Waals surface area contributed by atoms with Crippen molar-refractivity contribution in [3.63, 3.8) is 0 Å². The molecule has 0 saturated carbocycles. The quantitative estimate of drug-likeness (QED) is 0.725. The number of nitriles is 1. The molecule has 136 valence electrons. The maximum atomic E-state index is 11.9. The van der Waals surface area contributed by atoms with Crippen LogP contribution in [0.3, 0.4) is 0 Å². The van der Waals surface area contributed by atoms with Gasteiger partial charge in [-0.15, -0.1) is 0 Å². The minimum Gasteiger partial charge on any atom is -0.477 e. The van der Waals surface area contributed by atoms with Crippen molar-refractivity contribution >= 4 is 35.1 Å². The number of carbonyl (C=O) groups excluding carboxylic acids is 2. The molecule has 6 nitrogen and oxygen atoms in total. The fourth-order valence-corrected chi connectivity index (χ4v) is 2.14. The summed E-state index contributed by atoms with van der Waals surface area (Å²) >= 11 is 11.8. The largest absolute Gasteiger partial charge is 0.477 e. The number of ether oxygens (including phenoxy) is 2. The van der Waals surface area contributed by atoms with E-state index < -0.39 is 30.1 Å². The van der Waals surface area contributed by atoms with E-state index in [1.165, 1.54) is 19.1 Å². The zero-order valence-electron chi connectivity index (χ0n) is 14.4. The molecule has 0 aliphatic carbocycles. The van der Waals surface area contributed by atoms with Gasteiger partial charge in [0.1, 0.15) is 11.3 Å². The topological polar surface area (TPSA) is 88.4 Å². The Morgan fingerprint density at radius 3 is 2.48 bits per heavy atom. The smallest absolute Gasteiger partial charge is 0.347 e. The Morgan fingerprint density at radius 1 is 1.32 bits per heavy atom. The Labute approximate surface area is 157 Å². The van der Waals surface area contributed by atoms with Gasteiger partial charge in [-0.3, -0.25) is 4.79 Å². The van der Waals surface area contributed by atoms with Crippen molar-refractivity contribution < 1.29 is 19.1 Å². The highest BCUT2D eigenvalue weighted by Gasteiger charge is 2.30. The molecule has 1 amide bonds. The van der Waals surface area contributed by atoms with Gasteiger partial charge in [0.2, 0.25) is 0 Å². The summed E-state index contributed by atoms with van der Waals surface area (Å²) in [6, 6.07) is 6.63. The van der Waals surface area contributed by atoms with E-state index in [1.807, 2.05) is 6.07 Å². The monoisotopic (exact) mass is 386 g/mol. The van der Waals surface area contributed by atoms with Crippen molar-refractivity contribution in [2.24, 2.45) is 5.92 Å². The van der Waals surface area contributed by atoms with Gasteiger partial charge >= 0.3 is 5.97 Å². The zero-order chi connectivity index (χ0) is 19.2. The molecule has 0 unspecified atom stereocenters. The SMILES string of the molecule is CC(C)[C@@](C)(C#N)NC(=O)COC(=O)[C@@H](C)Oc1ccc(Cl)cc1Cl. The van der Waals surface area contributed by atoms with E-state index >= 15 is 0 Å². The second kappa shape index (κ2) is 8.93. The summed E-state index contributed by atoms with van der Waals surface area (Å²) in [7, 11) is 0. The molecule has 0 aromatic heterocycles. The number of hydrogen-bond acceptors (Lipinski definition) is 5. The van der Waals surface area contributed by atoms with Crippen molar-refractivity contribution in [1.82, 2.24) is 5.32 Å². The lowest BCUT2D eigenvalue weighted by Crippen LogP contribution is -2.50. The molecule has 0 heterocycles. The summed E-state index contributed by atoms with van der Waals surface area (Å²) in [6.07, 6.45) is -0.973. The average molecular weight is 387 g/mol. The van der Waals surface area contributed by atoms with Crippen molar-refractivity contribution in [2.75, 3.05) is 6.61 Å². The molecule has 25 heavy (non-hydrogen) atoms. The third-order valence-corrected chi connectivity index (χ3v) is 4.19. The van der Waals surface area contributed by atoms with Crippen LogP contribution < -0.4 is 10.1 Å². The minimum atomic E-state index is -1.04. The van der Waals surface area contributed by atoms with E-state index in [4.69, 9.17) is 37.9 Å². The van der Waals surface area contributed by atoms with Gasteiger partial charge < -0.3 is 14.8 Å². The Bertz CT molecular complexity index is 688.